The van der Waals surface area contributed by atoms with Crippen LogP contribution in [0.2, 0.25) is 0 Å². The molecule has 0 N–H and O–H groups in total. The van der Waals surface area contributed by atoms with E-state index < -0.39 is 0 Å². The van der Waals surface area contributed by atoms with Crippen LogP contribution in [0.25, 0.3) is 78.2 Å². The molecule has 0 spiro atoms. The van der Waals surface area contributed by atoms with E-state index in [1.54, 1.807) is 0 Å². The monoisotopic (exact) mass is 591 g/mol. The molecule has 218 valence electrons. The molecule has 5 heteroatoms. The Morgan fingerprint density at radius 3 is 1.37 bits per heavy atom. The molecule has 0 unspecified atom stereocenters. The van der Waals surface area contributed by atoms with Crippen molar-refractivity contribution < 1.29 is 0 Å². The molecule has 0 aliphatic rings. The van der Waals surface area contributed by atoms with E-state index >= 15 is 0 Å². The highest BCUT2D eigenvalue weighted by Gasteiger charge is 2.14. The number of hydrogen-bond donors (Lipinski definition) is 0. The highest BCUT2D eigenvalue weighted by atomic mass is 15.0. The molecule has 0 saturated heterocycles. The van der Waals surface area contributed by atoms with Crippen LogP contribution in [0.4, 0.5) is 0 Å². The van der Waals surface area contributed by atoms with E-state index in [0.29, 0.717) is 17.5 Å². The summed E-state index contributed by atoms with van der Waals surface area (Å²) in [5.74, 6) is 1.95. The molecule has 0 atom stereocenters. The summed E-state index contributed by atoms with van der Waals surface area (Å²) in [5, 5.41) is 2.21. The van der Waals surface area contributed by atoms with Gasteiger partial charge in [-0.1, -0.05) is 127 Å². The lowest BCUT2D eigenvalue weighted by Crippen LogP contribution is -2.00. The van der Waals surface area contributed by atoms with Crippen LogP contribution in [-0.2, 0) is 0 Å². The van der Waals surface area contributed by atoms with Gasteiger partial charge in [0, 0.05) is 38.9 Å². The van der Waals surface area contributed by atoms with Crippen LogP contribution in [-0.4, -0.2) is 24.9 Å². The van der Waals surface area contributed by atoms with E-state index in [1.165, 1.54) is 0 Å². The van der Waals surface area contributed by atoms with Crippen molar-refractivity contribution in [1.29, 1.82) is 0 Å². The Balaban J connectivity index is 1.13. The first-order chi connectivity index (χ1) is 22.6. The molecule has 0 amide bonds. The van der Waals surface area contributed by atoms with Crippen molar-refractivity contribution in [1.82, 2.24) is 24.9 Å². The lowest BCUT2D eigenvalue weighted by Gasteiger charge is -2.12. The maximum Gasteiger partial charge on any atom is 0.164 e. The van der Waals surface area contributed by atoms with E-state index in [9.17, 15) is 0 Å². The number of aryl methyl sites for hydroxylation is 2. The first-order valence-electron chi connectivity index (χ1n) is 15.3. The van der Waals surface area contributed by atoms with Gasteiger partial charge in [0.05, 0.1) is 11.0 Å². The highest BCUT2D eigenvalue weighted by molar-refractivity contribution is 6.08. The lowest BCUT2D eigenvalue weighted by atomic mass is 9.96. The Labute approximate surface area is 267 Å². The SMILES string of the molecule is Cc1ccc2ccc3c(-c4ccc(-c5ccc(-c6nc(-c7ccccc7)nc(-c7ccccc7)n6)cc5)cc4)cc(C)nc3c2n1. The van der Waals surface area contributed by atoms with Gasteiger partial charge in [-0.3, -0.25) is 9.97 Å². The molecule has 0 aliphatic carbocycles. The van der Waals surface area contributed by atoms with Gasteiger partial charge in [0.1, 0.15) is 0 Å². The summed E-state index contributed by atoms with van der Waals surface area (Å²) < 4.78 is 0. The summed E-state index contributed by atoms with van der Waals surface area (Å²) in [4.78, 5) is 24.3. The Morgan fingerprint density at radius 1 is 0.348 bits per heavy atom. The topological polar surface area (TPSA) is 64.5 Å². The van der Waals surface area contributed by atoms with Gasteiger partial charge in [0.25, 0.3) is 0 Å². The summed E-state index contributed by atoms with van der Waals surface area (Å²) >= 11 is 0. The molecule has 0 saturated carbocycles. The molecule has 0 radical (unpaired) electrons. The molecule has 0 fully saturated rings. The Hall–Kier alpha value is -6.07. The van der Waals surface area contributed by atoms with Crippen LogP contribution in [0, 0.1) is 13.8 Å². The smallest absolute Gasteiger partial charge is 0.164 e. The largest absolute Gasteiger partial charge is 0.251 e. The van der Waals surface area contributed by atoms with Gasteiger partial charge in [-0.15, -0.1) is 0 Å². The summed E-state index contributed by atoms with van der Waals surface area (Å²) in [6, 6.07) is 47.9. The van der Waals surface area contributed by atoms with Crippen LogP contribution in [0.15, 0.2) is 140 Å². The van der Waals surface area contributed by atoms with Crippen molar-refractivity contribution in [2.75, 3.05) is 0 Å². The molecule has 46 heavy (non-hydrogen) atoms. The fourth-order valence-electron chi connectivity index (χ4n) is 5.93. The second-order valence-electron chi connectivity index (χ2n) is 11.5. The summed E-state index contributed by atoms with van der Waals surface area (Å²) in [6.07, 6.45) is 0. The van der Waals surface area contributed by atoms with Crippen LogP contribution in [0.5, 0.6) is 0 Å². The molecule has 8 aromatic rings. The normalized spacial score (nSPS) is 11.3. The summed E-state index contributed by atoms with van der Waals surface area (Å²) in [5.41, 5.74) is 11.3. The van der Waals surface area contributed by atoms with Gasteiger partial charge in [-0.2, -0.15) is 0 Å². The molecule has 0 bridgehead atoms. The molecule has 5 aromatic carbocycles. The van der Waals surface area contributed by atoms with Crippen LogP contribution >= 0.6 is 0 Å². The fourth-order valence-corrected chi connectivity index (χ4v) is 5.93. The Bertz CT molecular complexity index is 2290. The van der Waals surface area contributed by atoms with E-state index in [-0.39, 0.29) is 0 Å². The van der Waals surface area contributed by atoms with E-state index in [1.807, 2.05) is 80.6 Å². The van der Waals surface area contributed by atoms with Gasteiger partial charge in [0.15, 0.2) is 17.5 Å². The standard InChI is InChI=1S/C41H29N5/c1-26-13-14-31-23-24-35-36(25-27(2)43-38(35)37(31)42-26)30-19-15-28(16-20-30)29-17-21-34(22-18-29)41-45-39(32-9-5-3-6-10-32)44-40(46-41)33-11-7-4-8-12-33/h3-25H,1-2H3. The van der Waals surface area contributed by atoms with Crippen molar-refractivity contribution in [2.24, 2.45) is 0 Å². The first-order valence-corrected chi connectivity index (χ1v) is 15.3. The number of fused-ring (bicyclic) bond motifs is 3. The fraction of sp³-hybridized carbons (Fsp3) is 0.0488. The minimum absolute atomic E-state index is 0.645. The average molecular weight is 592 g/mol. The third-order valence-electron chi connectivity index (χ3n) is 8.28. The molecule has 5 nitrogen and oxygen atoms in total. The van der Waals surface area contributed by atoms with Crippen molar-refractivity contribution >= 4 is 21.8 Å². The highest BCUT2D eigenvalue weighted by Crippen LogP contribution is 2.34. The van der Waals surface area contributed by atoms with E-state index in [4.69, 9.17) is 24.9 Å². The second kappa shape index (κ2) is 11.5. The van der Waals surface area contributed by atoms with Crippen LogP contribution in [0.3, 0.4) is 0 Å². The quantitative estimate of drug-likeness (QED) is 0.186. The molecule has 3 heterocycles. The van der Waals surface area contributed by atoms with Gasteiger partial charge in [-0.05, 0) is 48.2 Å². The van der Waals surface area contributed by atoms with Gasteiger partial charge >= 0.3 is 0 Å². The minimum atomic E-state index is 0.645. The Morgan fingerprint density at radius 2 is 0.804 bits per heavy atom. The third kappa shape index (κ3) is 5.18. The van der Waals surface area contributed by atoms with E-state index in [0.717, 1.165) is 72.1 Å². The zero-order valence-electron chi connectivity index (χ0n) is 25.5. The molecular formula is C41H29N5. The number of pyridine rings is 2. The van der Waals surface area contributed by atoms with Crippen molar-refractivity contribution in [3.63, 3.8) is 0 Å². The summed E-state index contributed by atoms with van der Waals surface area (Å²) in [7, 11) is 0. The molecule has 3 aromatic heterocycles. The molecule has 8 rings (SSSR count). The van der Waals surface area contributed by atoms with Gasteiger partial charge < -0.3 is 0 Å². The zero-order valence-corrected chi connectivity index (χ0v) is 25.5. The zero-order chi connectivity index (χ0) is 31.0. The Kier molecular flexibility index (Phi) is 6.84. The van der Waals surface area contributed by atoms with Gasteiger partial charge in [0.2, 0.25) is 0 Å². The van der Waals surface area contributed by atoms with Crippen LogP contribution < -0.4 is 0 Å². The van der Waals surface area contributed by atoms with Gasteiger partial charge in [-0.25, -0.2) is 15.0 Å². The van der Waals surface area contributed by atoms with Crippen molar-refractivity contribution in [3.8, 4) is 56.4 Å². The second-order valence-corrected chi connectivity index (χ2v) is 11.5. The van der Waals surface area contributed by atoms with E-state index in [2.05, 4.69) is 72.8 Å². The summed E-state index contributed by atoms with van der Waals surface area (Å²) in [6.45, 7) is 4.07. The van der Waals surface area contributed by atoms with Crippen molar-refractivity contribution in [3.05, 3.63) is 151 Å². The first kappa shape index (κ1) is 27.5. The average Bonchev–Trinajstić information content (AvgIpc) is 3.12. The maximum atomic E-state index is 4.90. The number of aromatic nitrogens is 5. The molecular weight excluding hydrogens is 562 g/mol. The third-order valence-corrected chi connectivity index (χ3v) is 8.28. The predicted octanol–water partition coefficient (Wildman–Crippen LogP) is 9.92. The number of rotatable bonds is 5. The minimum Gasteiger partial charge on any atom is -0.251 e. The number of hydrogen-bond acceptors (Lipinski definition) is 5. The maximum absolute atomic E-state index is 4.90. The molecule has 0 aliphatic heterocycles. The number of benzene rings is 5. The van der Waals surface area contributed by atoms with Crippen LogP contribution in [0.1, 0.15) is 11.4 Å². The predicted molar refractivity (Wildman–Crippen MR) is 187 cm³/mol. The van der Waals surface area contributed by atoms with Crippen molar-refractivity contribution in [2.45, 2.75) is 13.8 Å². The number of nitrogens with zero attached hydrogens (tertiary/aromatic N) is 5. The lowest BCUT2D eigenvalue weighted by molar-refractivity contribution is 1.07.